The SMILES string of the molecule is N#C[C@@H]1CC(F)(F)CN1C(=O)CCC(=O)c1ccncc1CC(=O)c1cn2ccccc2n1. The normalized spacial score (nSPS) is 17.1. The van der Waals surface area contributed by atoms with Gasteiger partial charge in [-0.25, -0.2) is 13.8 Å². The van der Waals surface area contributed by atoms with Crippen molar-refractivity contribution < 1.29 is 23.2 Å². The number of hydrogen-bond acceptors (Lipinski definition) is 6. The molecular weight excluding hydrogens is 432 g/mol. The second-order valence-electron chi connectivity index (χ2n) is 7.87. The molecule has 1 amide bonds. The maximum absolute atomic E-state index is 13.6. The van der Waals surface area contributed by atoms with Crippen LogP contribution in [0, 0.1) is 11.3 Å². The van der Waals surface area contributed by atoms with Crippen molar-refractivity contribution in [2.24, 2.45) is 0 Å². The predicted octanol–water partition coefficient (Wildman–Crippen LogP) is 2.88. The zero-order valence-corrected chi connectivity index (χ0v) is 17.4. The number of halogens is 2. The lowest BCUT2D eigenvalue weighted by Gasteiger charge is -2.19. The highest BCUT2D eigenvalue weighted by atomic mass is 19.3. The van der Waals surface area contributed by atoms with E-state index in [0.29, 0.717) is 11.2 Å². The minimum Gasteiger partial charge on any atom is -0.320 e. The molecule has 0 N–H and O–H groups in total. The minimum absolute atomic E-state index is 0.110. The standard InChI is InChI=1S/C23H19F2N5O3/c24-23(25)10-16(11-26)30(14-23)22(33)5-4-19(31)17-6-7-27-12-15(17)9-20(32)18-13-29-8-2-1-3-21(29)28-18/h1-3,6-8,12-13,16H,4-5,9-10,14H2/t16-/m0/s1. The molecule has 4 rings (SSSR count). The Morgan fingerprint density at radius 2 is 2.00 bits per heavy atom. The molecule has 0 radical (unpaired) electrons. The third-order valence-corrected chi connectivity index (χ3v) is 5.51. The van der Waals surface area contributed by atoms with Crippen molar-refractivity contribution in [3.63, 3.8) is 0 Å². The first-order valence-corrected chi connectivity index (χ1v) is 10.3. The number of alkyl halides is 2. The number of nitriles is 1. The smallest absolute Gasteiger partial charge is 0.268 e. The van der Waals surface area contributed by atoms with Crippen LogP contribution in [0.25, 0.3) is 5.65 Å². The quantitative estimate of drug-likeness (QED) is 0.511. The van der Waals surface area contributed by atoms with E-state index in [2.05, 4.69) is 9.97 Å². The second kappa shape index (κ2) is 8.86. The number of pyridine rings is 2. The highest BCUT2D eigenvalue weighted by molar-refractivity contribution is 6.02. The van der Waals surface area contributed by atoms with Gasteiger partial charge in [-0.2, -0.15) is 5.26 Å². The van der Waals surface area contributed by atoms with Crippen LogP contribution < -0.4 is 0 Å². The average Bonchev–Trinajstić information content (AvgIpc) is 3.38. The van der Waals surface area contributed by atoms with Crippen LogP contribution in [-0.2, 0) is 11.2 Å². The van der Waals surface area contributed by atoms with E-state index in [1.807, 2.05) is 6.07 Å². The molecule has 0 bridgehead atoms. The van der Waals surface area contributed by atoms with Gasteiger partial charge >= 0.3 is 0 Å². The van der Waals surface area contributed by atoms with Gasteiger partial charge in [-0.1, -0.05) is 6.07 Å². The largest absolute Gasteiger partial charge is 0.320 e. The van der Waals surface area contributed by atoms with E-state index in [0.717, 1.165) is 4.90 Å². The Morgan fingerprint density at radius 1 is 1.18 bits per heavy atom. The zero-order chi connectivity index (χ0) is 23.6. The van der Waals surface area contributed by atoms with Crippen molar-refractivity contribution in [3.8, 4) is 6.07 Å². The summed E-state index contributed by atoms with van der Waals surface area (Å²) in [5.74, 6) is -4.50. The monoisotopic (exact) mass is 451 g/mol. The summed E-state index contributed by atoms with van der Waals surface area (Å²) >= 11 is 0. The number of Topliss-reactive ketones (excluding diaryl/α,β-unsaturated/α-hetero) is 2. The summed E-state index contributed by atoms with van der Waals surface area (Å²) in [6, 6.07) is 7.34. The number of aromatic nitrogens is 3. The minimum atomic E-state index is -3.11. The average molecular weight is 451 g/mol. The van der Waals surface area contributed by atoms with Crippen LogP contribution in [0.1, 0.15) is 45.7 Å². The maximum Gasteiger partial charge on any atom is 0.268 e. The number of likely N-dealkylation sites (tertiary alicyclic amines) is 1. The molecule has 168 valence electrons. The Hall–Kier alpha value is -4.00. The number of carbonyl (C=O) groups excluding carboxylic acids is 3. The molecule has 0 unspecified atom stereocenters. The van der Waals surface area contributed by atoms with Crippen LogP contribution in [0.2, 0.25) is 0 Å². The fourth-order valence-electron chi connectivity index (χ4n) is 3.87. The van der Waals surface area contributed by atoms with E-state index in [4.69, 9.17) is 5.26 Å². The number of nitrogens with zero attached hydrogens (tertiary/aromatic N) is 5. The Balaban J connectivity index is 1.43. The molecule has 0 saturated carbocycles. The first-order chi connectivity index (χ1) is 15.8. The summed E-state index contributed by atoms with van der Waals surface area (Å²) < 4.78 is 28.9. The molecule has 0 aromatic carbocycles. The van der Waals surface area contributed by atoms with Gasteiger partial charge in [-0.15, -0.1) is 0 Å². The van der Waals surface area contributed by atoms with E-state index in [1.165, 1.54) is 18.5 Å². The molecular formula is C23H19F2N5O3. The summed E-state index contributed by atoms with van der Waals surface area (Å²) in [6.07, 6.45) is 4.82. The Bertz CT molecular complexity index is 1250. The Morgan fingerprint density at radius 3 is 2.76 bits per heavy atom. The summed E-state index contributed by atoms with van der Waals surface area (Å²) in [4.78, 5) is 47.0. The number of fused-ring (bicyclic) bond motifs is 1. The molecule has 0 spiro atoms. The Kier molecular flexibility index (Phi) is 5.96. The van der Waals surface area contributed by atoms with E-state index >= 15 is 0 Å². The topological polar surface area (TPSA) is 108 Å². The fourth-order valence-corrected chi connectivity index (χ4v) is 3.87. The van der Waals surface area contributed by atoms with Gasteiger partial charge in [0.2, 0.25) is 5.91 Å². The number of ketones is 2. The molecule has 1 saturated heterocycles. The highest BCUT2D eigenvalue weighted by Gasteiger charge is 2.47. The van der Waals surface area contributed by atoms with Gasteiger partial charge in [0.15, 0.2) is 11.6 Å². The first kappa shape index (κ1) is 22.2. The van der Waals surface area contributed by atoms with Crippen molar-refractivity contribution in [1.82, 2.24) is 19.3 Å². The van der Waals surface area contributed by atoms with Crippen LogP contribution in [-0.4, -0.2) is 55.3 Å². The van der Waals surface area contributed by atoms with Gasteiger partial charge in [-0.05, 0) is 23.8 Å². The molecule has 1 atom stereocenters. The molecule has 8 nitrogen and oxygen atoms in total. The predicted molar refractivity (Wildman–Crippen MR) is 112 cm³/mol. The Labute approximate surface area is 187 Å². The van der Waals surface area contributed by atoms with Crippen molar-refractivity contribution >= 4 is 23.1 Å². The molecule has 3 aromatic rings. The first-order valence-electron chi connectivity index (χ1n) is 10.3. The molecule has 0 aliphatic carbocycles. The van der Waals surface area contributed by atoms with Crippen molar-refractivity contribution in [2.75, 3.05) is 6.54 Å². The highest BCUT2D eigenvalue weighted by Crippen LogP contribution is 2.32. The summed E-state index contributed by atoms with van der Waals surface area (Å²) in [5, 5.41) is 9.04. The van der Waals surface area contributed by atoms with Gasteiger partial charge in [0.05, 0.1) is 12.6 Å². The number of amides is 1. The van der Waals surface area contributed by atoms with Crippen LogP contribution in [0.5, 0.6) is 0 Å². The summed E-state index contributed by atoms with van der Waals surface area (Å²) in [7, 11) is 0. The maximum atomic E-state index is 13.6. The molecule has 1 fully saturated rings. The van der Waals surface area contributed by atoms with Crippen LogP contribution in [0.4, 0.5) is 8.78 Å². The van der Waals surface area contributed by atoms with Crippen molar-refractivity contribution in [1.29, 1.82) is 5.26 Å². The van der Waals surface area contributed by atoms with Crippen LogP contribution in [0.3, 0.4) is 0 Å². The molecule has 1 aliphatic rings. The van der Waals surface area contributed by atoms with Gasteiger partial charge in [0.25, 0.3) is 5.92 Å². The third kappa shape index (κ3) is 4.77. The number of imidazole rings is 1. The van der Waals surface area contributed by atoms with E-state index < -0.39 is 36.6 Å². The number of rotatable bonds is 7. The van der Waals surface area contributed by atoms with Crippen molar-refractivity contribution in [3.05, 3.63) is 65.9 Å². The summed E-state index contributed by atoms with van der Waals surface area (Å²) in [6.45, 7) is -0.827. The van der Waals surface area contributed by atoms with E-state index in [1.54, 1.807) is 35.0 Å². The van der Waals surface area contributed by atoms with Gasteiger partial charge < -0.3 is 9.30 Å². The second-order valence-corrected chi connectivity index (χ2v) is 7.87. The van der Waals surface area contributed by atoms with Gasteiger partial charge in [0.1, 0.15) is 17.4 Å². The van der Waals surface area contributed by atoms with Gasteiger partial charge in [0, 0.05) is 56.0 Å². The molecule has 3 aromatic heterocycles. The lowest BCUT2D eigenvalue weighted by atomic mass is 9.98. The lowest BCUT2D eigenvalue weighted by Crippen LogP contribution is -2.36. The van der Waals surface area contributed by atoms with Crippen molar-refractivity contribution in [2.45, 2.75) is 37.6 Å². The lowest BCUT2D eigenvalue weighted by molar-refractivity contribution is -0.132. The zero-order valence-electron chi connectivity index (χ0n) is 17.4. The summed E-state index contributed by atoms with van der Waals surface area (Å²) in [5.41, 5.74) is 1.49. The van der Waals surface area contributed by atoms with E-state index in [-0.39, 0.29) is 36.3 Å². The molecule has 10 heteroatoms. The van der Waals surface area contributed by atoms with E-state index in [9.17, 15) is 23.2 Å². The van der Waals surface area contributed by atoms with Gasteiger partial charge in [-0.3, -0.25) is 19.4 Å². The number of hydrogen-bond donors (Lipinski definition) is 0. The number of carbonyl (C=O) groups is 3. The fraction of sp³-hybridized carbons (Fsp3) is 0.304. The van der Waals surface area contributed by atoms with Crippen LogP contribution in [0.15, 0.2) is 49.1 Å². The molecule has 33 heavy (non-hydrogen) atoms. The third-order valence-electron chi connectivity index (χ3n) is 5.51. The molecule has 4 heterocycles. The van der Waals surface area contributed by atoms with Crippen LogP contribution >= 0.6 is 0 Å². The molecule has 1 aliphatic heterocycles.